The molecule has 3 aromatic rings. The van der Waals surface area contributed by atoms with Crippen LogP contribution in [0.25, 0.3) is 5.69 Å². The summed E-state index contributed by atoms with van der Waals surface area (Å²) in [5.41, 5.74) is 2.09. The standard InChI is InChI=1S/C19H25N9.HI/c1-3-21-19(25-16-7-8-18-24-14(2)26-27(18)11-16)22-10-15-5-4-6-17(9-15)28-13-20-12-23-28;/h4-6,9,12-13,16H,3,7-8,10-11H2,1-2H3,(H2,21,22,25);1H. The molecule has 2 N–H and O–H groups in total. The van der Waals surface area contributed by atoms with Gasteiger partial charge in [0, 0.05) is 19.0 Å². The Hall–Kier alpha value is -2.50. The topological polar surface area (TPSA) is 97.8 Å². The molecule has 9 nitrogen and oxygen atoms in total. The Kier molecular flexibility index (Phi) is 7.18. The van der Waals surface area contributed by atoms with Crippen molar-refractivity contribution in [3.8, 4) is 5.69 Å². The highest BCUT2D eigenvalue weighted by Crippen LogP contribution is 2.13. The fourth-order valence-corrected chi connectivity index (χ4v) is 3.37. The molecule has 2 aromatic heterocycles. The summed E-state index contributed by atoms with van der Waals surface area (Å²) in [7, 11) is 0. The molecule has 3 heterocycles. The molecule has 0 saturated carbocycles. The lowest BCUT2D eigenvalue weighted by molar-refractivity contribution is 0.392. The minimum atomic E-state index is 0. The van der Waals surface area contributed by atoms with Gasteiger partial charge in [-0.1, -0.05) is 12.1 Å². The van der Waals surface area contributed by atoms with Crippen LogP contribution in [0.1, 0.15) is 30.6 Å². The van der Waals surface area contributed by atoms with Gasteiger partial charge in [0.05, 0.1) is 18.8 Å². The van der Waals surface area contributed by atoms with Gasteiger partial charge in [0.25, 0.3) is 0 Å². The van der Waals surface area contributed by atoms with Gasteiger partial charge in [-0.05, 0) is 38.0 Å². The molecule has 0 aliphatic carbocycles. The summed E-state index contributed by atoms with van der Waals surface area (Å²) in [5.74, 6) is 2.73. The molecule has 0 spiro atoms. The maximum absolute atomic E-state index is 4.77. The van der Waals surface area contributed by atoms with E-state index >= 15 is 0 Å². The molecule has 1 atom stereocenters. The average Bonchev–Trinajstić information content (AvgIpc) is 3.35. The van der Waals surface area contributed by atoms with Gasteiger partial charge in [-0.3, -0.25) is 0 Å². The van der Waals surface area contributed by atoms with Gasteiger partial charge in [0.15, 0.2) is 5.96 Å². The fourth-order valence-electron chi connectivity index (χ4n) is 3.37. The number of nitrogens with one attached hydrogen (secondary N) is 2. The maximum Gasteiger partial charge on any atom is 0.191 e. The minimum absolute atomic E-state index is 0. The Balaban J connectivity index is 0.00000240. The number of hydrogen-bond acceptors (Lipinski definition) is 5. The lowest BCUT2D eigenvalue weighted by Gasteiger charge is -2.25. The number of fused-ring (bicyclic) bond motifs is 1. The zero-order valence-electron chi connectivity index (χ0n) is 16.6. The van der Waals surface area contributed by atoms with Crippen molar-refractivity contribution in [1.29, 1.82) is 0 Å². The van der Waals surface area contributed by atoms with Gasteiger partial charge in [0.1, 0.15) is 24.3 Å². The first-order valence-electron chi connectivity index (χ1n) is 9.60. The second-order valence-corrected chi connectivity index (χ2v) is 6.84. The van der Waals surface area contributed by atoms with Crippen molar-refractivity contribution in [1.82, 2.24) is 40.2 Å². The van der Waals surface area contributed by atoms with Crippen LogP contribution >= 0.6 is 24.0 Å². The predicted molar refractivity (Wildman–Crippen MR) is 122 cm³/mol. The van der Waals surface area contributed by atoms with E-state index in [1.54, 1.807) is 11.0 Å². The molecular weight excluding hydrogens is 481 g/mol. The van der Waals surface area contributed by atoms with Crippen LogP contribution in [0.3, 0.4) is 0 Å². The third-order valence-electron chi connectivity index (χ3n) is 4.66. The minimum Gasteiger partial charge on any atom is -0.357 e. The maximum atomic E-state index is 4.77. The highest BCUT2D eigenvalue weighted by atomic mass is 127. The summed E-state index contributed by atoms with van der Waals surface area (Å²) in [6, 6.07) is 8.45. The number of aryl methyl sites for hydroxylation is 2. The zero-order valence-corrected chi connectivity index (χ0v) is 18.9. The Morgan fingerprint density at radius 3 is 3.03 bits per heavy atom. The Labute approximate surface area is 187 Å². The number of aliphatic imine (C=N–C) groups is 1. The summed E-state index contributed by atoms with van der Waals surface area (Å²) in [6.45, 7) is 6.21. The third kappa shape index (κ3) is 5.31. The first-order valence-corrected chi connectivity index (χ1v) is 9.60. The molecule has 4 rings (SSSR count). The lowest BCUT2D eigenvalue weighted by Crippen LogP contribution is -2.47. The molecule has 29 heavy (non-hydrogen) atoms. The third-order valence-corrected chi connectivity index (χ3v) is 4.66. The molecular formula is C19H26IN9. The van der Waals surface area contributed by atoms with Crippen LogP contribution in [0.4, 0.5) is 0 Å². The van der Waals surface area contributed by atoms with E-state index in [0.29, 0.717) is 6.54 Å². The predicted octanol–water partition coefficient (Wildman–Crippen LogP) is 1.86. The van der Waals surface area contributed by atoms with Crippen molar-refractivity contribution >= 4 is 29.9 Å². The zero-order chi connectivity index (χ0) is 19.3. The monoisotopic (exact) mass is 507 g/mol. The highest BCUT2D eigenvalue weighted by molar-refractivity contribution is 14.0. The van der Waals surface area contributed by atoms with Crippen LogP contribution in [-0.2, 0) is 19.5 Å². The van der Waals surface area contributed by atoms with E-state index in [4.69, 9.17) is 4.99 Å². The lowest BCUT2D eigenvalue weighted by atomic mass is 10.1. The van der Waals surface area contributed by atoms with Gasteiger partial charge in [-0.25, -0.2) is 24.3 Å². The van der Waals surface area contributed by atoms with Gasteiger partial charge in [-0.2, -0.15) is 10.2 Å². The molecule has 0 saturated heterocycles. The second kappa shape index (κ2) is 9.81. The van der Waals surface area contributed by atoms with Crippen molar-refractivity contribution in [2.45, 2.75) is 45.8 Å². The Bertz CT molecular complexity index is 949. The molecule has 10 heteroatoms. The molecule has 1 aliphatic rings. The van der Waals surface area contributed by atoms with Crippen LogP contribution < -0.4 is 10.6 Å². The van der Waals surface area contributed by atoms with E-state index in [1.165, 1.54) is 6.33 Å². The van der Waals surface area contributed by atoms with E-state index in [2.05, 4.69) is 49.9 Å². The summed E-state index contributed by atoms with van der Waals surface area (Å²) in [4.78, 5) is 13.2. The number of guanidine groups is 1. The van der Waals surface area contributed by atoms with Gasteiger partial charge < -0.3 is 10.6 Å². The molecule has 0 fully saturated rings. The van der Waals surface area contributed by atoms with Gasteiger partial charge in [0.2, 0.25) is 0 Å². The van der Waals surface area contributed by atoms with E-state index in [-0.39, 0.29) is 30.0 Å². The second-order valence-electron chi connectivity index (χ2n) is 6.84. The van der Waals surface area contributed by atoms with Crippen molar-refractivity contribution in [2.24, 2.45) is 4.99 Å². The number of halogens is 1. The number of hydrogen-bond donors (Lipinski definition) is 2. The molecule has 1 unspecified atom stereocenters. The van der Waals surface area contributed by atoms with Crippen LogP contribution in [0.2, 0.25) is 0 Å². The number of aromatic nitrogens is 6. The number of rotatable bonds is 5. The molecule has 1 aromatic carbocycles. The summed E-state index contributed by atoms with van der Waals surface area (Å²) in [6.07, 6.45) is 5.17. The van der Waals surface area contributed by atoms with Crippen molar-refractivity contribution in [3.05, 3.63) is 54.1 Å². The average molecular weight is 507 g/mol. The van der Waals surface area contributed by atoms with Crippen LogP contribution in [0, 0.1) is 6.92 Å². The van der Waals surface area contributed by atoms with Gasteiger partial charge in [-0.15, -0.1) is 24.0 Å². The molecule has 0 radical (unpaired) electrons. The normalized spacial score (nSPS) is 16.1. The molecule has 1 aliphatic heterocycles. The highest BCUT2D eigenvalue weighted by Gasteiger charge is 2.21. The summed E-state index contributed by atoms with van der Waals surface area (Å²) < 4.78 is 3.75. The SMILES string of the molecule is CCNC(=NCc1cccc(-n2cncn2)c1)NC1CCc2nc(C)nn2C1.I. The van der Waals surface area contributed by atoms with Crippen LogP contribution in [0.15, 0.2) is 41.9 Å². The Morgan fingerprint density at radius 2 is 2.24 bits per heavy atom. The molecule has 0 bridgehead atoms. The smallest absolute Gasteiger partial charge is 0.191 e. The van der Waals surface area contributed by atoms with Gasteiger partial charge >= 0.3 is 0 Å². The number of benzene rings is 1. The van der Waals surface area contributed by atoms with Crippen molar-refractivity contribution in [2.75, 3.05) is 6.54 Å². The van der Waals surface area contributed by atoms with Crippen molar-refractivity contribution < 1.29 is 0 Å². The van der Waals surface area contributed by atoms with E-state index in [0.717, 1.165) is 54.8 Å². The van der Waals surface area contributed by atoms with Crippen LogP contribution in [0.5, 0.6) is 0 Å². The summed E-state index contributed by atoms with van der Waals surface area (Å²) >= 11 is 0. The number of nitrogens with zero attached hydrogens (tertiary/aromatic N) is 7. The van der Waals surface area contributed by atoms with Crippen LogP contribution in [-0.4, -0.2) is 48.1 Å². The quantitative estimate of drug-likeness (QED) is 0.311. The van der Waals surface area contributed by atoms with E-state index in [9.17, 15) is 0 Å². The Morgan fingerprint density at radius 1 is 1.34 bits per heavy atom. The first-order chi connectivity index (χ1) is 13.7. The van der Waals surface area contributed by atoms with Crippen molar-refractivity contribution in [3.63, 3.8) is 0 Å². The molecule has 154 valence electrons. The summed E-state index contributed by atoms with van der Waals surface area (Å²) in [5, 5.41) is 15.5. The largest absolute Gasteiger partial charge is 0.357 e. The first kappa shape index (κ1) is 21.2. The van der Waals surface area contributed by atoms with E-state index < -0.39 is 0 Å². The fraction of sp³-hybridized carbons (Fsp3) is 0.421. The molecule has 0 amide bonds. The van der Waals surface area contributed by atoms with E-state index in [1.807, 2.05) is 23.7 Å².